The zero-order chi connectivity index (χ0) is 12.3. The summed E-state index contributed by atoms with van der Waals surface area (Å²) in [4.78, 5) is 5.42. The van der Waals surface area contributed by atoms with Crippen LogP contribution < -0.4 is 15.8 Å². The number of nitrogen functional groups attached to an aromatic ring is 1. The van der Waals surface area contributed by atoms with Crippen molar-refractivity contribution in [2.24, 2.45) is 0 Å². The van der Waals surface area contributed by atoms with E-state index in [1.165, 1.54) is 4.88 Å². The van der Waals surface area contributed by atoms with Crippen LogP contribution in [0.15, 0.2) is 24.4 Å². The highest BCUT2D eigenvalue weighted by atomic mass is 32.1. The van der Waals surface area contributed by atoms with E-state index in [1.54, 1.807) is 18.4 Å². The molecule has 3 N–H and O–H groups in total. The number of nitrogens with zero attached hydrogens (tertiary/aromatic N) is 1. The summed E-state index contributed by atoms with van der Waals surface area (Å²) in [6.07, 6.45) is 1.89. The number of nitrogens with two attached hydrogens (primary N) is 1. The maximum atomic E-state index is 5.75. The summed E-state index contributed by atoms with van der Waals surface area (Å²) in [5.41, 5.74) is 7.38. The van der Waals surface area contributed by atoms with Crippen molar-refractivity contribution in [3.05, 3.63) is 34.3 Å². The standard InChI is InChI=1S/C12H15N3OS/c1-8-14-6-10(17-8)7-15-9-3-4-11(13)12(5-9)16-2/h3-6,15H,7,13H2,1-2H3. The van der Waals surface area contributed by atoms with Crippen molar-refractivity contribution < 1.29 is 4.74 Å². The number of methoxy groups -OCH3 is 1. The fourth-order valence-electron chi connectivity index (χ4n) is 1.50. The Morgan fingerprint density at radius 1 is 1.47 bits per heavy atom. The van der Waals surface area contributed by atoms with Gasteiger partial charge in [0.2, 0.25) is 0 Å². The summed E-state index contributed by atoms with van der Waals surface area (Å²) in [6.45, 7) is 2.76. The monoisotopic (exact) mass is 249 g/mol. The SMILES string of the molecule is COc1cc(NCc2cnc(C)s2)ccc1N. The van der Waals surface area contributed by atoms with Gasteiger partial charge in [0.05, 0.1) is 24.3 Å². The Morgan fingerprint density at radius 2 is 2.29 bits per heavy atom. The molecule has 1 aromatic carbocycles. The van der Waals surface area contributed by atoms with Crippen LogP contribution in [0.1, 0.15) is 9.88 Å². The van der Waals surface area contributed by atoms with Crippen molar-refractivity contribution in [3.8, 4) is 5.75 Å². The number of anilines is 2. The molecule has 5 heteroatoms. The molecular formula is C12H15N3OS. The fourth-order valence-corrected chi connectivity index (χ4v) is 2.23. The fraction of sp³-hybridized carbons (Fsp3) is 0.250. The minimum Gasteiger partial charge on any atom is -0.495 e. The van der Waals surface area contributed by atoms with Gasteiger partial charge >= 0.3 is 0 Å². The molecule has 0 saturated carbocycles. The number of hydrogen-bond donors (Lipinski definition) is 2. The minimum absolute atomic E-state index is 0.645. The topological polar surface area (TPSA) is 60.2 Å². The van der Waals surface area contributed by atoms with E-state index in [9.17, 15) is 0 Å². The van der Waals surface area contributed by atoms with Crippen molar-refractivity contribution in [2.75, 3.05) is 18.2 Å². The second kappa shape index (κ2) is 5.05. The lowest BCUT2D eigenvalue weighted by Gasteiger charge is -2.08. The Balaban J connectivity index is 2.04. The van der Waals surface area contributed by atoms with Crippen LogP contribution in [-0.4, -0.2) is 12.1 Å². The molecule has 1 aromatic heterocycles. The Labute approximate surface area is 104 Å². The molecule has 2 aromatic rings. The van der Waals surface area contributed by atoms with Crippen molar-refractivity contribution in [3.63, 3.8) is 0 Å². The third-order valence-corrected chi connectivity index (χ3v) is 3.28. The van der Waals surface area contributed by atoms with E-state index >= 15 is 0 Å². The van der Waals surface area contributed by atoms with Gasteiger partial charge in [-0.05, 0) is 19.1 Å². The van der Waals surface area contributed by atoms with Gasteiger partial charge in [0.25, 0.3) is 0 Å². The molecule has 0 aliphatic carbocycles. The van der Waals surface area contributed by atoms with Gasteiger partial charge in [-0.3, -0.25) is 0 Å². The van der Waals surface area contributed by atoms with Gasteiger partial charge in [0.1, 0.15) is 5.75 Å². The first-order chi connectivity index (χ1) is 8.19. The first-order valence-corrected chi connectivity index (χ1v) is 6.09. The summed E-state index contributed by atoms with van der Waals surface area (Å²) in [6, 6.07) is 5.66. The van der Waals surface area contributed by atoms with E-state index in [4.69, 9.17) is 10.5 Å². The van der Waals surface area contributed by atoms with Crippen LogP contribution in [0.25, 0.3) is 0 Å². The van der Waals surface area contributed by atoms with Gasteiger partial charge in [-0.25, -0.2) is 4.98 Å². The second-order valence-corrected chi connectivity index (χ2v) is 4.98. The van der Waals surface area contributed by atoms with Crippen LogP contribution in [0.4, 0.5) is 11.4 Å². The van der Waals surface area contributed by atoms with E-state index in [-0.39, 0.29) is 0 Å². The van der Waals surface area contributed by atoms with Crippen molar-refractivity contribution in [1.82, 2.24) is 4.98 Å². The maximum Gasteiger partial charge on any atom is 0.143 e. The third kappa shape index (κ3) is 2.88. The van der Waals surface area contributed by atoms with Crippen LogP contribution in [0.5, 0.6) is 5.75 Å². The molecule has 0 unspecified atom stereocenters. The zero-order valence-electron chi connectivity index (χ0n) is 9.86. The zero-order valence-corrected chi connectivity index (χ0v) is 10.7. The Hall–Kier alpha value is -1.75. The Kier molecular flexibility index (Phi) is 3.49. The highest BCUT2D eigenvalue weighted by molar-refractivity contribution is 7.11. The highest BCUT2D eigenvalue weighted by Gasteiger charge is 2.02. The lowest BCUT2D eigenvalue weighted by Crippen LogP contribution is -1.99. The molecule has 0 amide bonds. The molecule has 0 saturated heterocycles. The summed E-state index contributed by atoms with van der Waals surface area (Å²) < 4.78 is 5.17. The average Bonchev–Trinajstić information content (AvgIpc) is 2.74. The molecule has 17 heavy (non-hydrogen) atoms. The minimum atomic E-state index is 0.645. The van der Waals surface area contributed by atoms with Crippen LogP contribution in [-0.2, 0) is 6.54 Å². The molecule has 4 nitrogen and oxygen atoms in total. The molecule has 1 heterocycles. The number of nitrogens with one attached hydrogen (secondary N) is 1. The largest absolute Gasteiger partial charge is 0.495 e. The van der Waals surface area contributed by atoms with E-state index in [1.807, 2.05) is 31.3 Å². The van der Waals surface area contributed by atoms with E-state index in [0.717, 1.165) is 17.2 Å². The second-order valence-electron chi connectivity index (χ2n) is 3.66. The highest BCUT2D eigenvalue weighted by Crippen LogP contribution is 2.25. The molecule has 0 spiro atoms. The lowest BCUT2D eigenvalue weighted by molar-refractivity contribution is 0.417. The van der Waals surface area contributed by atoms with Crippen molar-refractivity contribution in [1.29, 1.82) is 0 Å². The summed E-state index contributed by atoms with van der Waals surface area (Å²) >= 11 is 1.69. The summed E-state index contributed by atoms with van der Waals surface area (Å²) in [5.74, 6) is 0.690. The quantitative estimate of drug-likeness (QED) is 0.818. The summed E-state index contributed by atoms with van der Waals surface area (Å²) in [7, 11) is 1.61. The van der Waals surface area contributed by atoms with Crippen LogP contribution in [0, 0.1) is 6.92 Å². The van der Waals surface area contributed by atoms with Gasteiger partial charge in [0.15, 0.2) is 0 Å². The molecule has 90 valence electrons. The predicted octanol–water partition coefficient (Wildman–Crippen LogP) is 2.65. The van der Waals surface area contributed by atoms with Gasteiger partial charge < -0.3 is 15.8 Å². The average molecular weight is 249 g/mol. The van der Waals surface area contributed by atoms with Gasteiger partial charge in [-0.15, -0.1) is 11.3 Å². The summed E-state index contributed by atoms with van der Waals surface area (Å²) in [5, 5.41) is 4.39. The molecule has 0 bridgehead atoms. The number of ether oxygens (including phenoxy) is 1. The number of aromatic nitrogens is 1. The number of benzene rings is 1. The van der Waals surface area contributed by atoms with Crippen molar-refractivity contribution in [2.45, 2.75) is 13.5 Å². The normalized spacial score (nSPS) is 10.2. The molecule has 2 rings (SSSR count). The molecule has 0 radical (unpaired) electrons. The van der Waals surface area contributed by atoms with Crippen LogP contribution >= 0.6 is 11.3 Å². The first-order valence-electron chi connectivity index (χ1n) is 5.27. The van der Waals surface area contributed by atoms with Crippen LogP contribution in [0.3, 0.4) is 0 Å². The smallest absolute Gasteiger partial charge is 0.143 e. The van der Waals surface area contributed by atoms with E-state index in [0.29, 0.717) is 11.4 Å². The van der Waals surface area contributed by atoms with Gasteiger partial charge in [-0.2, -0.15) is 0 Å². The van der Waals surface area contributed by atoms with Gasteiger partial charge in [0, 0.05) is 22.8 Å². The van der Waals surface area contributed by atoms with Gasteiger partial charge in [-0.1, -0.05) is 0 Å². The maximum absolute atomic E-state index is 5.75. The van der Waals surface area contributed by atoms with Crippen LogP contribution in [0.2, 0.25) is 0 Å². The van der Waals surface area contributed by atoms with E-state index < -0.39 is 0 Å². The molecule has 0 aliphatic rings. The van der Waals surface area contributed by atoms with Crippen molar-refractivity contribution >= 4 is 22.7 Å². The molecule has 0 atom stereocenters. The number of thiazole rings is 1. The Bertz CT molecular complexity index is 510. The number of hydrogen-bond acceptors (Lipinski definition) is 5. The number of rotatable bonds is 4. The molecule has 0 aliphatic heterocycles. The predicted molar refractivity (Wildman–Crippen MR) is 71.6 cm³/mol. The lowest BCUT2D eigenvalue weighted by atomic mass is 10.2. The van der Waals surface area contributed by atoms with E-state index in [2.05, 4.69) is 10.3 Å². The third-order valence-electron chi connectivity index (χ3n) is 2.37. The number of aryl methyl sites for hydroxylation is 1. The first kappa shape index (κ1) is 11.7. The Morgan fingerprint density at radius 3 is 2.94 bits per heavy atom. The molecular weight excluding hydrogens is 234 g/mol. The molecule has 0 fully saturated rings.